The molecule has 4 N–H and O–H groups in total. The smallest absolute Gasteiger partial charge is 0.308 e. The number of carbonyl (C=O) groups is 2. The van der Waals surface area contributed by atoms with Gasteiger partial charge in [0.05, 0.1) is 54.7 Å². The van der Waals surface area contributed by atoms with Gasteiger partial charge < -0.3 is 72.9 Å². The number of ether oxygens (including phenoxy) is 8. The quantitative estimate of drug-likeness (QED) is 0.175. The normalized spacial score (nSPS) is 45.8. The minimum absolute atomic E-state index is 0.00885. The molecule has 4 heterocycles. The zero-order valence-electron chi connectivity index (χ0n) is 37.0. The molecule has 3 fully saturated rings. The van der Waals surface area contributed by atoms with Crippen LogP contribution < -0.4 is 0 Å². The summed E-state index contributed by atoms with van der Waals surface area (Å²) < 4.78 is 50.0. The van der Waals surface area contributed by atoms with Gasteiger partial charge >= 0.3 is 5.97 Å². The average molecular weight is 843 g/mol. The van der Waals surface area contributed by atoms with Crippen molar-refractivity contribution in [3.8, 4) is 0 Å². The number of hydrogen-bond donors (Lipinski definition) is 4. The molecule has 0 bridgehead atoms. The SMILES string of the molecule is CO[C@@H]1[C@@H](O[C@H]2O[C@@H](C)[C@H](O[C@@H]3C[C@](C)(O)[C@H](O)[C@@H](C)O3)[C@@H](N(C)C)[C@@H]2O)[C@@H](CC=O)C[C@@H](C)[C@@H](O[C@H]2CC[C@H](N(C)C)[C@H](C)O2)/C=C/C=C/C[C@@H](C)OC(=O)C[C@H]1O. The Balaban J connectivity index is 1.66. The number of aliphatic hydroxyl groups is 4. The van der Waals surface area contributed by atoms with Gasteiger partial charge in [0.25, 0.3) is 0 Å². The van der Waals surface area contributed by atoms with Crippen molar-refractivity contribution in [2.24, 2.45) is 11.8 Å². The van der Waals surface area contributed by atoms with E-state index in [0.717, 1.165) is 12.7 Å². The molecular formula is C43H74N2O14. The Hall–Kier alpha value is -1.90. The van der Waals surface area contributed by atoms with Crippen molar-refractivity contribution >= 4 is 12.3 Å². The Bertz CT molecular complexity index is 1370. The van der Waals surface area contributed by atoms with Crippen molar-refractivity contribution in [3.63, 3.8) is 0 Å². The summed E-state index contributed by atoms with van der Waals surface area (Å²) in [6, 6.07) is -0.466. The van der Waals surface area contributed by atoms with Gasteiger partial charge in [0, 0.05) is 32.4 Å². The first-order chi connectivity index (χ1) is 27.8. The molecule has 4 aliphatic rings. The molecule has 4 rings (SSSR count). The van der Waals surface area contributed by atoms with Gasteiger partial charge in [-0.1, -0.05) is 31.2 Å². The highest BCUT2D eigenvalue weighted by atomic mass is 16.7. The number of nitrogens with zero attached hydrogens (tertiary/aromatic N) is 2. The second-order valence-corrected chi connectivity index (χ2v) is 17.8. The number of rotatable bonds is 11. The van der Waals surface area contributed by atoms with Gasteiger partial charge in [-0.2, -0.15) is 0 Å². The molecule has 0 aliphatic carbocycles. The summed E-state index contributed by atoms with van der Waals surface area (Å²) in [5, 5.41) is 45.1. The van der Waals surface area contributed by atoms with Crippen LogP contribution in [0.15, 0.2) is 24.3 Å². The molecule has 19 atom stereocenters. The molecule has 340 valence electrons. The summed E-state index contributed by atoms with van der Waals surface area (Å²) in [5.41, 5.74) is -1.47. The molecule has 16 nitrogen and oxygen atoms in total. The Morgan fingerprint density at radius 2 is 1.56 bits per heavy atom. The maximum Gasteiger partial charge on any atom is 0.308 e. The Kier molecular flexibility index (Phi) is 18.9. The van der Waals surface area contributed by atoms with E-state index in [1.54, 1.807) is 39.8 Å². The standard InChI is InChI=1S/C43H74N2O14/c1-24-21-29(19-20-46)39(59-42-37(49)36(45(9)10)38(27(4)56-42)58-35-23-43(6,51)41(50)28(5)55-35)40(52-11)31(47)22-33(48)53-25(2)15-13-12-14-16-32(24)57-34-18-17-30(44(7)8)26(3)54-34/h12-14,16,20,24-32,34-42,47,49-51H,15,17-19,21-23H2,1-11H3/b13-12+,16-14+/t24-,25-,26+,27+,28-,29+,30+,31-,32+,34+,35-,36+,37+,38+,39+,40+,41-,42-,43+/m1/s1. The molecule has 16 heteroatoms. The number of allylic oxidation sites excluding steroid dienone is 2. The van der Waals surface area contributed by atoms with Crippen molar-refractivity contribution in [3.05, 3.63) is 24.3 Å². The van der Waals surface area contributed by atoms with Crippen LogP contribution in [0.5, 0.6) is 0 Å². The van der Waals surface area contributed by atoms with E-state index in [2.05, 4.69) is 4.90 Å². The number of carbonyl (C=O) groups excluding carboxylic acids is 2. The zero-order valence-corrected chi connectivity index (χ0v) is 37.0. The number of methoxy groups -OCH3 is 1. The molecule has 0 radical (unpaired) electrons. The Morgan fingerprint density at radius 3 is 2.17 bits per heavy atom. The third-order valence-corrected chi connectivity index (χ3v) is 12.4. The number of aliphatic hydroxyl groups excluding tert-OH is 3. The van der Waals surface area contributed by atoms with Crippen LogP contribution in [-0.2, 0) is 47.5 Å². The van der Waals surface area contributed by atoms with Gasteiger partial charge in [-0.3, -0.25) is 4.79 Å². The molecular weight excluding hydrogens is 768 g/mol. The molecule has 59 heavy (non-hydrogen) atoms. The summed E-state index contributed by atoms with van der Waals surface area (Å²) in [6.07, 6.45) is -1.56. The topological polar surface area (TPSA) is 195 Å². The Labute approximate surface area is 351 Å². The minimum atomic E-state index is -1.47. The lowest BCUT2D eigenvalue weighted by Gasteiger charge is -2.50. The predicted molar refractivity (Wildman–Crippen MR) is 217 cm³/mol. The van der Waals surface area contributed by atoms with Crippen LogP contribution in [0.3, 0.4) is 0 Å². The lowest BCUT2D eigenvalue weighted by Crippen LogP contribution is -2.65. The van der Waals surface area contributed by atoms with Crippen LogP contribution in [0.25, 0.3) is 0 Å². The molecule has 0 saturated carbocycles. The van der Waals surface area contributed by atoms with Crippen LogP contribution in [0.1, 0.15) is 86.5 Å². The summed E-state index contributed by atoms with van der Waals surface area (Å²) in [7, 11) is 9.03. The number of aldehydes is 1. The van der Waals surface area contributed by atoms with Gasteiger partial charge in [0.15, 0.2) is 18.9 Å². The Morgan fingerprint density at radius 1 is 0.864 bits per heavy atom. The first kappa shape index (κ1) is 49.8. The fraction of sp³-hybridized carbons (Fsp3) is 0.860. The molecule has 0 aromatic rings. The number of hydrogen-bond acceptors (Lipinski definition) is 16. The monoisotopic (exact) mass is 843 g/mol. The lowest BCUT2D eigenvalue weighted by atomic mass is 9.82. The van der Waals surface area contributed by atoms with E-state index in [1.807, 2.05) is 52.2 Å². The first-order valence-electron chi connectivity index (χ1n) is 21.3. The van der Waals surface area contributed by atoms with E-state index in [1.165, 1.54) is 14.0 Å². The van der Waals surface area contributed by atoms with Crippen LogP contribution in [0.2, 0.25) is 0 Å². The van der Waals surface area contributed by atoms with E-state index in [4.69, 9.17) is 37.9 Å². The van der Waals surface area contributed by atoms with Gasteiger partial charge in [-0.25, -0.2) is 0 Å². The number of likely N-dealkylation sites (N-methyl/N-ethyl adjacent to an activating group) is 2. The van der Waals surface area contributed by atoms with E-state index in [0.29, 0.717) is 19.3 Å². The molecule has 0 aromatic heterocycles. The van der Waals surface area contributed by atoms with Crippen molar-refractivity contribution in [1.29, 1.82) is 0 Å². The highest BCUT2D eigenvalue weighted by molar-refractivity contribution is 5.70. The highest BCUT2D eigenvalue weighted by Gasteiger charge is 2.52. The molecule has 0 amide bonds. The van der Waals surface area contributed by atoms with Gasteiger partial charge in [0.2, 0.25) is 0 Å². The molecule has 3 saturated heterocycles. The minimum Gasteiger partial charge on any atom is -0.462 e. The maximum absolute atomic E-state index is 13.1. The van der Waals surface area contributed by atoms with E-state index in [9.17, 15) is 30.0 Å². The lowest BCUT2D eigenvalue weighted by molar-refractivity contribution is -0.344. The third kappa shape index (κ3) is 13.3. The van der Waals surface area contributed by atoms with Crippen LogP contribution in [0.4, 0.5) is 0 Å². The van der Waals surface area contributed by atoms with E-state index >= 15 is 0 Å². The summed E-state index contributed by atoms with van der Waals surface area (Å²) >= 11 is 0. The highest BCUT2D eigenvalue weighted by Crippen LogP contribution is 2.37. The largest absolute Gasteiger partial charge is 0.462 e. The average Bonchev–Trinajstić information content (AvgIpc) is 3.13. The molecule has 4 aliphatic heterocycles. The van der Waals surface area contributed by atoms with E-state index < -0.39 is 110 Å². The maximum atomic E-state index is 13.1. The van der Waals surface area contributed by atoms with Gasteiger partial charge in [0.1, 0.15) is 36.8 Å². The fourth-order valence-corrected chi connectivity index (χ4v) is 9.10. The summed E-state index contributed by atoms with van der Waals surface area (Å²) in [6.45, 7) is 10.8. The second-order valence-electron chi connectivity index (χ2n) is 17.8. The molecule has 0 aromatic carbocycles. The fourth-order valence-electron chi connectivity index (χ4n) is 9.10. The number of esters is 1. The summed E-state index contributed by atoms with van der Waals surface area (Å²) in [4.78, 5) is 29.5. The predicted octanol–water partition coefficient (Wildman–Crippen LogP) is 2.33. The van der Waals surface area contributed by atoms with Crippen molar-refractivity contribution < 1.29 is 67.9 Å². The van der Waals surface area contributed by atoms with Crippen molar-refractivity contribution in [2.75, 3.05) is 35.3 Å². The molecule has 0 unspecified atom stereocenters. The third-order valence-electron chi connectivity index (χ3n) is 12.4. The summed E-state index contributed by atoms with van der Waals surface area (Å²) in [5.74, 6) is -1.47. The van der Waals surface area contributed by atoms with Gasteiger partial charge in [-0.15, -0.1) is 0 Å². The second kappa shape index (κ2) is 22.5. The number of cyclic esters (lactones) is 1. The van der Waals surface area contributed by atoms with Crippen molar-refractivity contribution in [2.45, 2.75) is 190 Å². The zero-order chi connectivity index (χ0) is 43.8. The van der Waals surface area contributed by atoms with Crippen LogP contribution in [0, 0.1) is 11.8 Å². The van der Waals surface area contributed by atoms with Crippen LogP contribution >= 0.6 is 0 Å². The first-order valence-corrected chi connectivity index (χ1v) is 21.3. The van der Waals surface area contributed by atoms with Gasteiger partial charge in [-0.05, 0) is 93.9 Å². The molecule has 0 spiro atoms. The van der Waals surface area contributed by atoms with E-state index in [-0.39, 0.29) is 30.9 Å². The van der Waals surface area contributed by atoms with Crippen LogP contribution in [-0.4, -0.2) is 181 Å². The van der Waals surface area contributed by atoms with Crippen molar-refractivity contribution in [1.82, 2.24) is 9.80 Å².